The Hall–Kier alpha value is -3.27. The van der Waals surface area contributed by atoms with Crippen molar-refractivity contribution in [2.24, 2.45) is 0 Å². The van der Waals surface area contributed by atoms with Crippen molar-refractivity contribution in [3.05, 3.63) is 128 Å². The zero-order chi connectivity index (χ0) is 32.7. The third kappa shape index (κ3) is 8.93. The minimum Gasteiger partial charge on any atom is -0.352 e. The number of benzene rings is 4. The van der Waals surface area contributed by atoms with Gasteiger partial charge >= 0.3 is 0 Å². The van der Waals surface area contributed by atoms with Gasteiger partial charge in [-0.05, 0) is 61.9 Å². The predicted molar refractivity (Wildman–Crippen MR) is 182 cm³/mol. The van der Waals surface area contributed by atoms with E-state index in [0.717, 1.165) is 9.87 Å². The van der Waals surface area contributed by atoms with Gasteiger partial charge in [0.05, 0.1) is 10.6 Å². The van der Waals surface area contributed by atoms with Crippen molar-refractivity contribution in [3.63, 3.8) is 0 Å². The van der Waals surface area contributed by atoms with Crippen molar-refractivity contribution < 1.29 is 18.0 Å². The van der Waals surface area contributed by atoms with Crippen LogP contribution in [0.25, 0.3) is 0 Å². The second-order valence-corrected chi connectivity index (χ2v) is 14.1. The lowest BCUT2D eigenvalue weighted by molar-refractivity contribution is -0.140. The van der Waals surface area contributed by atoms with Crippen molar-refractivity contribution >= 4 is 73.9 Å². The van der Waals surface area contributed by atoms with Gasteiger partial charge < -0.3 is 10.2 Å². The maximum atomic E-state index is 14.5. The third-order valence-corrected chi connectivity index (χ3v) is 9.77. The number of hydrogen-bond acceptors (Lipinski definition) is 4. The van der Waals surface area contributed by atoms with Crippen molar-refractivity contribution in [1.29, 1.82) is 0 Å². The average molecular weight is 708 g/mol. The van der Waals surface area contributed by atoms with Gasteiger partial charge in [-0.1, -0.05) is 101 Å². The largest absolute Gasteiger partial charge is 0.352 e. The van der Waals surface area contributed by atoms with Crippen LogP contribution in [0.1, 0.15) is 25.0 Å². The smallest absolute Gasteiger partial charge is 0.264 e. The number of anilines is 1. The van der Waals surface area contributed by atoms with E-state index in [0.29, 0.717) is 15.6 Å². The molecule has 0 aliphatic heterocycles. The molecule has 2 amide bonds. The summed E-state index contributed by atoms with van der Waals surface area (Å²) in [7, 11) is -4.31. The van der Waals surface area contributed by atoms with Gasteiger partial charge in [-0.2, -0.15) is 0 Å². The number of nitrogens with one attached hydrogen (secondary N) is 1. The van der Waals surface area contributed by atoms with E-state index in [1.165, 1.54) is 35.2 Å². The molecular formula is C33H31Cl4N3O4S. The third-order valence-electron chi connectivity index (χ3n) is 6.84. The lowest BCUT2D eigenvalue weighted by Gasteiger charge is -2.34. The van der Waals surface area contributed by atoms with Gasteiger partial charge in [-0.3, -0.25) is 13.9 Å². The van der Waals surface area contributed by atoms with Gasteiger partial charge in [0, 0.05) is 44.7 Å². The van der Waals surface area contributed by atoms with Crippen LogP contribution in [0.5, 0.6) is 0 Å². The Morgan fingerprint density at radius 3 is 1.89 bits per heavy atom. The number of amides is 2. The fourth-order valence-corrected chi connectivity index (χ4v) is 7.17. The second kappa shape index (κ2) is 15.3. The van der Waals surface area contributed by atoms with Gasteiger partial charge in [-0.15, -0.1) is 0 Å². The zero-order valence-electron chi connectivity index (χ0n) is 24.5. The van der Waals surface area contributed by atoms with Gasteiger partial charge in [-0.25, -0.2) is 8.42 Å². The van der Waals surface area contributed by atoms with E-state index in [4.69, 9.17) is 46.4 Å². The fraction of sp³-hybridized carbons (Fsp3) is 0.212. The van der Waals surface area contributed by atoms with E-state index in [1.807, 2.05) is 44.2 Å². The number of nitrogens with zero attached hydrogens (tertiary/aromatic N) is 2. The number of carbonyl (C=O) groups excluding carboxylic acids is 2. The fourth-order valence-electron chi connectivity index (χ4n) is 4.72. The molecule has 0 bridgehead atoms. The quantitative estimate of drug-likeness (QED) is 0.164. The SMILES string of the molecule is CC(C)NC(=O)[C@H](Cc1ccccc1)N(Cc1c(Cl)cccc1Cl)C(=O)CN(c1cc(Cl)cc(Cl)c1)S(=O)(=O)c1ccccc1. The van der Waals surface area contributed by atoms with Crippen molar-refractivity contribution in [3.8, 4) is 0 Å². The number of halogens is 4. The van der Waals surface area contributed by atoms with Crippen LogP contribution in [0.3, 0.4) is 0 Å². The van der Waals surface area contributed by atoms with E-state index < -0.39 is 34.4 Å². The predicted octanol–water partition coefficient (Wildman–Crippen LogP) is 7.66. The van der Waals surface area contributed by atoms with Crippen LogP contribution in [-0.2, 0) is 32.6 Å². The maximum absolute atomic E-state index is 14.5. The van der Waals surface area contributed by atoms with E-state index in [1.54, 1.807) is 36.4 Å². The molecule has 0 radical (unpaired) electrons. The molecule has 0 fully saturated rings. The molecule has 7 nitrogen and oxygen atoms in total. The number of hydrogen-bond donors (Lipinski definition) is 1. The van der Waals surface area contributed by atoms with Gasteiger partial charge in [0.25, 0.3) is 10.0 Å². The first-order valence-electron chi connectivity index (χ1n) is 14.0. The summed E-state index contributed by atoms with van der Waals surface area (Å²) in [6.45, 7) is 2.77. The summed E-state index contributed by atoms with van der Waals surface area (Å²) in [5.41, 5.74) is 1.28. The Morgan fingerprint density at radius 1 is 0.778 bits per heavy atom. The molecule has 4 rings (SSSR count). The first-order chi connectivity index (χ1) is 21.4. The number of sulfonamides is 1. The summed E-state index contributed by atoms with van der Waals surface area (Å²) in [5, 5.41) is 3.84. The van der Waals surface area contributed by atoms with Crippen LogP contribution < -0.4 is 9.62 Å². The monoisotopic (exact) mass is 705 g/mol. The van der Waals surface area contributed by atoms with Crippen molar-refractivity contribution in [2.75, 3.05) is 10.8 Å². The standard InChI is InChI=1S/C33H31Cl4N3O4S/c1-22(2)38-33(42)31(16-23-10-5-3-6-11-23)39(20-28-29(36)14-9-15-30(28)37)32(41)21-40(26-18-24(34)17-25(35)19-26)45(43,44)27-12-7-4-8-13-27/h3-15,17-19,22,31H,16,20-21H2,1-2H3,(H,38,42)/t31-/m0/s1. The van der Waals surface area contributed by atoms with Crippen LogP contribution in [0.4, 0.5) is 5.69 Å². The molecule has 4 aromatic rings. The molecule has 12 heteroatoms. The number of rotatable bonds is 12. The highest BCUT2D eigenvalue weighted by Gasteiger charge is 2.35. The van der Waals surface area contributed by atoms with Gasteiger partial charge in [0.15, 0.2) is 0 Å². The normalized spacial score (nSPS) is 12.1. The van der Waals surface area contributed by atoms with E-state index in [-0.39, 0.29) is 39.6 Å². The minimum absolute atomic E-state index is 0.0482. The highest BCUT2D eigenvalue weighted by Crippen LogP contribution is 2.31. The Morgan fingerprint density at radius 2 is 1.33 bits per heavy atom. The molecule has 0 spiro atoms. The van der Waals surface area contributed by atoms with Crippen molar-refractivity contribution in [1.82, 2.24) is 10.2 Å². The Labute approximate surface area is 283 Å². The highest BCUT2D eigenvalue weighted by molar-refractivity contribution is 7.92. The molecule has 1 N–H and O–H groups in total. The molecule has 1 atom stereocenters. The second-order valence-electron chi connectivity index (χ2n) is 10.5. The van der Waals surface area contributed by atoms with E-state index in [2.05, 4.69) is 5.32 Å². The molecule has 0 heterocycles. The summed E-state index contributed by atoms with van der Waals surface area (Å²) < 4.78 is 29.1. The van der Waals surface area contributed by atoms with Crippen LogP contribution in [0.15, 0.2) is 102 Å². The molecule has 0 saturated heterocycles. The van der Waals surface area contributed by atoms with E-state index in [9.17, 15) is 18.0 Å². The number of carbonyl (C=O) groups is 2. The molecule has 0 unspecified atom stereocenters. The average Bonchev–Trinajstić information content (AvgIpc) is 2.99. The molecule has 0 aliphatic carbocycles. The maximum Gasteiger partial charge on any atom is 0.264 e. The molecule has 0 aromatic heterocycles. The topological polar surface area (TPSA) is 86.8 Å². The Balaban J connectivity index is 1.86. The molecule has 45 heavy (non-hydrogen) atoms. The van der Waals surface area contributed by atoms with Crippen LogP contribution in [-0.4, -0.2) is 43.8 Å². The lowest BCUT2D eigenvalue weighted by atomic mass is 10.0. The summed E-state index contributed by atoms with van der Waals surface area (Å²) in [6, 6.07) is 24.8. The molecule has 0 saturated carbocycles. The molecule has 236 valence electrons. The summed E-state index contributed by atoms with van der Waals surface area (Å²) in [4.78, 5) is 29.6. The van der Waals surface area contributed by atoms with Crippen LogP contribution >= 0.6 is 46.4 Å². The first-order valence-corrected chi connectivity index (χ1v) is 16.9. The molecule has 0 aliphatic rings. The van der Waals surface area contributed by atoms with Crippen LogP contribution in [0.2, 0.25) is 20.1 Å². The first kappa shape index (κ1) is 34.6. The Kier molecular flexibility index (Phi) is 11.8. The van der Waals surface area contributed by atoms with E-state index >= 15 is 0 Å². The summed E-state index contributed by atoms with van der Waals surface area (Å²) in [6.07, 6.45) is 0.141. The molecular weight excluding hydrogens is 676 g/mol. The van der Waals surface area contributed by atoms with Gasteiger partial charge in [0.2, 0.25) is 11.8 Å². The molecule has 4 aromatic carbocycles. The minimum atomic E-state index is -4.31. The van der Waals surface area contributed by atoms with Crippen molar-refractivity contribution in [2.45, 2.75) is 43.8 Å². The Bertz CT molecular complexity index is 1720. The highest BCUT2D eigenvalue weighted by atomic mass is 35.5. The zero-order valence-corrected chi connectivity index (χ0v) is 28.3. The van der Waals surface area contributed by atoms with Gasteiger partial charge in [0.1, 0.15) is 12.6 Å². The van der Waals surface area contributed by atoms with Crippen LogP contribution in [0, 0.1) is 0 Å². The lowest BCUT2D eigenvalue weighted by Crippen LogP contribution is -2.54. The summed E-state index contributed by atoms with van der Waals surface area (Å²) >= 11 is 25.6. The summed E-state index contributed by atoms with van der Waals surface area (Å²) in [5.74, 6) is -1.10.